The first-order valence-corrected chi connectivity index (χ1v) is 8.17. The Hall–Kier alpha value is -3.14. The van der Waals surface area contributed by atoms with Crippen LogP contribution in [0.4, 0.5) is 5.69 Å². The van der Waals surface area contributed by atoms with Crippen molar-refractivity contribution in [2.45, 2.75) is 20.3 Å². The van der Waals surface area contributed by atoms with E-state index < -0.39 is 0 Å². The predicted octanol–water partition coefficient (Wildman–Crippen LogP) is 4.32. The van der Waals surface area contributed by atoms with E-state index in [0.29, 0.717) is 16.5 Å². The smallest absolute Gasteiger partial charge is 0.248 e. The molecule has 0 aliphatic rings. The third kappa shape index (κ3) is 3.69. The number of para-hydroxylation sites is 1. The van der Waals surface area contributed by atoms with E-state index in [0.717, 1.165) is 23.2 Å². The molecule has 1 N–H and O–H groups in total. The van der Waals surface area contributed by atoms with Gasteiger partial charge in [0.15, 0.2) is 5.43 Å². The first kappa shape index (κ1) is 16.7. The molecule has 0 radical (unpaired) electrons. The van der Waals surface area contributed by atoms with Gasteiger partial charge in [0.05, 0.1) is 10.9 Å². The highest BCUT2D eigenvalue weighted by Crippen LogP contribution is 2.16. The largest absolute Gasteiger partial charge is 0.463 e. The Morgan fingerprint density at radius 2 is 2.00 bits per heavy atom. The Kier molecular flexibility index (Phi) is 4.80. The number of nitrogens with one attached hydrogen (secondary N) is 1. The molecular weight excluding hydrogens is 314 g/mol. The van der Waals surface area contributed by atoms with Crippen LogP contribution in [0.1, 0.15) is 23.6 Å². The third-order valence-corrected chi connectivity index (χ3v) is 4.03. The maximum Gasteiger partial charge on any atom is 0.248 e. The first-order chi connectivity index (χ1) is 12.1. The van der Waals surface area contributed by atoms with Gasteiger partial charge in [-0.2, -0.15) is 0 Å². The van der Waals surface area contributed by atoms with Crippen LogP contribution in [0, 0.1) is 6.92 Å². The monoisotopic (exact) mass is 333 g/mol. The minimum Gasteiger partial charge on any atom is -0.463 e. The number of carbonyl (C=O) groups excluding carboxylic acids is 1. The van der Waals surface area contributed by atoms with Crippen molar-refractivity contribution >= 4 is 28.6 Å². The second-order valence-corrected chi connectivity index (χ2v) is 5.85. The van der Waals surface area contributed by atoms with Gasteiger partial charge in [-0.1, -0.05) is 36.8 Å². The molecule has 25 heavy (non-hydrogen) atoms. The summed E-state index contributed by atoms with van der Waals surface area (Å²) >= 11 is 0. The van der Waals surface area contributed by atoms with Crippen molar-refractivity contribution in [2.24, 2.45) is 0 Å². The molecule has 126 valence electrons. The van der Waals surface area contributed by atoms with E-state index in [1.165, 1.54) is 18.4 Å². The summed E-state index contributed by atoms with van der Waals surface area (Å²) < 4.78 is 5.48. The molecule has 0 saturated heterocycles. The number of carbonyl (C=O) groups is 1. The van der Waals surface area contributed by atoms with Gasteiger partial charge < -0.3 is 9.73 Å². The average molecular weight is 333 g/mol. The summed E-state index contributed by atoms with van der Waals surface area (Å²) in [6, 6.07) is 13.1. The lowest BCUT2D eigenvalue weighted by Crippen LogP contribution is -2.10. The minimum atomic E-state index is -0.287. The standard InChI is InChI=1S/C21H19NO3/c1-3-15-6-4-5-7-18(15)22-20(23)11-9-16-13-25-19-10-8-14(2)12-17(19)21(16)24/h4-13H,3H2,1-2H3,(H,22,23)/b11-9+. The Bertz CT molecular complexity index is 1020. The fourth-order valence-electron chi connectivity index (χ4n) is 2.67. The molecule has 1 amide bonds. The van der Waals surface area contributed by atoms with Crippen LogP contribution in [-0.4, -0.2) is 5.91 Å². The zero-order chi connectivity index (χ0) is 17.8. The Labute approximate surface area is 145 Å². The summed E-state index contributed by atoms with van der Waals surface area (Å²) in [6.07, 6.45) is 5.04. The zero-order valence-electron chi connectivity index (χ0n) is 14.2. The van der Waals surface area contributed by atoms with Gasteiger partial charge in [0.25, 0.3) is 0 Å². The Balaban J connectivity index is 1.84. The van der Waals surface area contributed by atoms with Gasteiger partial charge in [-0.05, 0) is 43.2 Å². The van der Waals surface area contributed by atoms with Crippen LogP contribution in [0.2, 0.25) is 0 Å². The number of fused-ring (bicyclic) bond motifs is 1. The maximum absolute atomic E-state index is 12.5. The van der Waals surface area contributed by atoms with Crippen LogP contribution in [-0.2, 0) is 11.2 Å². The van der Waals surface area contributed by atoms with Gasteiger partial charge in [0.1, 0.15) is 11.8 Å². The summed E-state index contributed by atoms with van der Waals surface area (Å²) in [6.45, 7) is 3.95. The second kappa shape index (κ2) is 7.18. The van der Waals surface area contributed by atoms with Crippen LogP contribution in [0.3, 0.4) is 0 Å². The number of rotatable bonds is 4. The molecule has 4 nitrogen and oxygen atoms in total. The summed E-state index contributed by atoms with van der Waals surface area (Å²) in [5, 5.41) is 3.35. The van der Waals surface area contributed by atoms with Crippen molar-refractivity contribution < 1.29 is 9.21 Å². The molecular formula is C21H19NO3. The molecule has 0 atom stereocenters. The van der Waals surface area contributed by atoms with Crippen molar-refractivity contribution in [3.63, 3.8) is 0 Å². The van der Waals surface area contributed by atoms with Crippen molar-refractivity contribution in [3.05, 3.63) is 81.7 Å². The van der Waals surface area contributed by atoms with E-state index in [1.54, 1.807) is 12.1 Å². The lowest BCUT2D eigenvalue weighted by molar-refractivity contribution is -0.111. The van der Waals surface area contributed by atoms with Crippen molar-refractivity contribution in [1.82, 2.24) is 0 Å². The van der Waals surface area contributed by atoms with Gasteiger partial charge in [-0.3, -0.25) is 9.59 Å². The molecule has 0 aliphatic carbocycles. The number of hydrogen-bond acceptors (Lipinski definition) is 3. The SMILES string of the molecule is CCc1ccccc1NC(=O)/C=C/c1coc2ccc(C)cc2c1=O. The fraction of sp³-hybridized carbons (Fsp3) is 0.143. The van der Waals surface area contributed by atoms with E-state index in [2.05, 4.69) is 5.32 Å². The van der Waals surface area contributed by atoms with Gasteiger partial charge in [-0.15, -0.1) is 0 Å². The Morgan fingerprint density at radius 1 is 1.20 bits per heavy atom. The molecule has 0 aliphatic heterocycles. The van der Waals surface area contributed by atoms with Crippen LogP contribution in [0.5, 0.6) is 0 Å². The highest BCUT2D eigenvalue weighted by Gasteiger charge is 2.06. The van der Waals surface area contributed by atoms with Gasteiger partial charge >= 0.3 is 0 Å². The Morgan fingerprint density at radius 3 is 2.80 bits per heavy atom. The van der Waals surface area contributed by atoms with Crippen molar-refractivity contribution in [1.29, 1.82) is 0 Å². The van der Waals surface area contributed by atoms with E-state index in [-0.39, 0.29) is 11.3 Å². The number of aryl methyl sites for hydroxylation is 2. The summed E-state index contributed by atoms with van der Waals surface area (Å²) in [7, 11) is 0. The summed E-state index contributed by atoms with van der Waals surface area (Å²) in [4.78, 5) is 24.7. The maximum atomic E-state index is 12.5. The first-order valence-electron chi connectivity index (χ1n) is 8.17. The van der Waals surface area contributed by atoms with E-state index in [9.17, 15) is 9.59 Å². The van der Waals surface area contributed by atoms with Crippen LogP contribution in [0.25, 0.3) is 17.0 Å². The molecule has 0 unspecified atom stereocenters. The number of hydrogen-bond donors (Lipinski definition) is 1. The predicted molar refractivity (Wildman–Crippen MR) is 101 cm³/mol. The van der Waals surface area contributed by atoms with E-state index in [1.807, 2.05) is 44.2 Å². The molecule has 1 heterocycles. The third-order valence-electron chi connectivity index (χ3n) is 4.03. The van der Waals surface area contributed by atoms with Gasteiger partial charge in [0.2, 0.25) is 5.91 Å². The van der Waals surface area contributed by atoms with E-state index in [4.69, 9.17) is 4.42 Å². The zero-order valence-corrected chi connectivity index (χ0v) is 14.2. The average Bonchev–Trinajstić information content (AvgIpc) is 2.62. The molecule has 4 heteroatoms. The van der Waals surface area contributed by atoms with Crippen LogP contribution in [0.15, 0.2) is 64.0 Å². The number of anilines is 1. The lowest BCUT2D eigenvalue weighted by Gasteiger charge is -2.07. The molecule has 0 fully saturated rings. The van der Waals surface area contributed by atoms with E-state index >= 15 is 0 Å². The molecule has 1 aromatic heterocycles. The van der Waals surface area contributed by atoms with Crippen LogP contribution >= 0.6 is 0 Å². The van der Waals surface area contributed by atoms with Gasteiger partial charge in [-0.25, -0.2) is 0 Å². The lowest BCUT2D eigenvalue weighted by atomic mass is 10.1. The highest BCUT2D eigenvalue weighted by molar-refractivity contribution is 6.02. The van der Waals surface area contributed by atoms with Gasteiger partial charge in [0, 0.05) is 11.8 Å². The summed E-state index contributed by atoms with van der Waals surface area (Å²) in [5.41, 5.74) is 3.55. The molecule has 2 aromatic carbocycles. The fourth-order valence-corrected chi connectivity index (χ4v) is 2.67. The molecule has 3 aromatic rings. The normalized spacial score (nSPS) is 11.1. The molecule has 0 bridgehead atoms. The summed E-state index contributed by atoms with van der Waals surface area (Å²) in [5.74, 6) is -0.287. The highest BCUT2D eigenvalue weighted by atomic mass is 16.3. The second-order valence-electron chi connectivity index (χ2n) is 5.85. The number of amides is 1. The van der Waals surface area contributed by atoms with Crippen LogP contribution < -0.4 is 10.7 Å². The quantitative estimate of drug-likeness (QED) is 0.724. The van der Waals surface area contributed by atoms with Crippen molar-refractivity contribution in [2.75, 3.05) is 5.32 Å². The number of benzene rings is 2. The minimum absolute atomic E-state index is 0.150. The molecule has 0 spiro atoms. The van der Waals surface area contributed by atoms with Crippen molar-refractivity contribution in [3.8, 4) is 0 Å². The topological polar surface area (TPSA) is 59.3 Å². The molecule has 0 saturated carbocycles. The molecule has 3 rings (SSSR count).